The van der Waals surface area contributed by atoms with Crippen molar-refractivity contribution >= 4 is 34.1 Å². The van der Waals surface area contributed by atoms with Crippen LogP contribution in [-0.4, -0.2) is 32.6 Å². The summed E-state index contributed by atoms with van der Waals surface area (Å²) in [5, 5.41) is 12.1. The number of amides is 1. The van der Waals surface area contributed by atoms with Crippen LogP contribution in [0.3, 0.4) is 0 Å². The van der Waals surface area contributed by atoms with E-state index < -0.39 is 17.3 Å². The van der Waals surface area contributed by atoms with Gasteiger partial charge in [-0.15, -0.1) is 0 Å². The molecular formula is C21H17ClFN5O3. The van der Waals surface area contributed by atoms with Crippen LogP contribution in [0.15, 0.2) is 53.5 Å². The lowest BCUT2D eigenvalue weighted by molar-refractivity contribution is -0.117. The van der Waals surface area contributed by atoms with Crippen LogP contribution in [-0.2, 0) is 11.3 Å². The first-order valence-corrected chi connectivity index (χ1v) is 9.60. The summed E-state index contributed by atoms with van der Waals surface area (Å²) in [7, 11) is 1.47. The quantitative estimate of drug-likeness (QED) is 0.513. The van der Waals surface area contributed by atoms with Gasteiger partial charge in [-0.1, -0.05) is 11.6 Å². The van der Waals surface area contributed by atoms with E-state index in [1.165, 1.54) is 42.3 Å². The Balaban J connectivity index is 1.70. The predicted molar refractivity (Wildman–Crippen MR) is 114 cm³/mol. The zero-order valence-corrected chi connectivity index (χ0v) is 17.4. The van der Waals surface area contributed by atoms with Gasteiger partial charge in [0, 0.05) is 10.4 Å². The summed E-state index contributed by atoms with van der Waals surface area (Å²) in [6.45, 7) is 1.38. The molecule has 0 aliphatic heterocycles. The molecule has 0 aliphatic carbocycles. The summed E-state index contributed by atoms with van der Waals surface area (Å²) in [6, 6.07) is 10.4. The Bertz CT molecular complexity index is 1350. The Hall–Kier alpha value is -3.72. The highest BCUT2D eigenvalue weighted by molar-refractivity contribution is 6.31. The molecule has 0 fully saturated rings. The molecule has 158 valence electrons. The number of hydrogen-bond acceptors (Lipinski definition) is 5. The number of aryl methyl sites for hydroxylation is 1. The predicted octanol–water partition coefficient (Wildman–Crippen LogP) is 3.33. The van der Waals surface area contributed by atoms with Crippen molar-refractivity contribution in [2.24, 2.45) is 0 Å². The molecule has 0 aliphatic rings. The molecule has 1 N–H and O–H groups in total. The van der Waals surface area contributed by atoms with Crippen molar-refractivity contribution < 1.29 is 13.9 Å². The van der Waals surface area contributed by atoms with Crippen LogP contribution in [0.25, 0.3) is 16.6 Å². The van der Waals surface area contributed by atoms with Gasteiger partial charge in [-0.3, -0.25) is 9.59 Å². The maximum atomic E-state index is 13.3. The fourth-order valence-corrected chi connectivity index (χ4v) is 3.38. The number of nitrogens with zero attached hydrogens (tertiary/aromatic N) is 4. The number of aromatic nitrogens is 4. The summed E-state index contributed by atoms with van der Waals surface area (Å²) >= 11 is 5.99. The van der Waals surface area contributed by atoms with Gasteiger partial charge in [-0.25, -0.2) is 13.8 Å². The summed E-state index contributed by atoms with van der Waals surface area (Å²) in [5.41, 5.74) is 1.15. The van der Waals surface area contributed by atoms with Gasteiger partial charge in [0.15, 0.2) is 0 Å². The number of carbonyl (C=O) groups is 1. The number of fused-ring (bicyclic) bond motifs is 1. The van der Waals surface area contributed by atoms with Gasteiger partial charge in [0.25, 0.3) is 5.56 Å². The largest absolute Gasteiger partial charge is 0.495 e. The van der Waals surface area contributed by atoms with Crippen molar-refractivity contribution in [1.82, 2.24) is 19.6 Å². The van der Waals surface area contributed by atoms with Gasteiger partial charge < -0.3 is 10.1 Å². The Kier molecular flexibility index (Phi) is 5.43. The van der Waals surface area contributed by atoms with Crippen molar-refractivity contribution in [3.05, 3.63) is 75.5 Å². The van der Waals surface area contributed by atoms with Crippen LogP contribution in [0.1, 0.15) is 5.69 Å². The Labute approximate surface area is 180 Å². The first-order chi connectivity index (χ1) is 14.9. The number of hydrogen-bond donors (Lipinski definition) is 1. The molecule has 1 amide bonds. The second-order valence-electron chi connectivity index (χ2n) is 6.74. The number of anilines is 1. The summed E-state index contributed by atoms with van der Waals surface area (Å²) in [4.78, 5) is 25.7. The first-order valence-electron chi connectivity index (χ1n) is 9.22. The smallest absolute Gasteiger partial charge is 0.293 e. The third-order valence-electron chi connectivity index (χ3n) is 4.67. The standard InChI is InChI=1S/C21H17ClFN5O3/c1-12-16-10-24-28(15-6-4-14(23)5-7-15)20(16)21(30)27(26-12)11-19(29)25-17-9-13(22)3-8-18(17)31-2/h3-10H,11H2,1-2H3,(H,25,29). The molecule has 0 spiro atoms. The third kappa shape index (κ3) is 3.99. The third-order valence-corrected chi connectivity index (χ3v) is 4.90. The Morgan fingerprint density at radius 2 is 1.97 bits per heavy atom. The zero-order valence-electron chi connectivity index (χ0n) is 16.6. The lowest BCUT2D eigenvalue weighted by atomic mass is 10.2. The van der Waals surface area contributed by atoms with E-state index in [0.717, 1.165) is 4.68 Å². The highest BCUT2D eigenvalue weighted by Gasteiger charge is 2.17. The van der Waals surface area contributed by atoms with Crippen LogP contribution in [0.5, 0.6) is 5.75 Å². The maximum Gasteiger partial charge on any atom is 0.293 e. The molecule has 2 aromatic carbocycles. The molecule has 0 saturated heterocycles. The number of halogens is 2. The number of benzene rings is 2. The highest BCUT2D eigenvalue weighted by atomic mass is 35.5. The van der Waals surface area contributed by atoms with Crippen LogP contribution in [0, 0.1) is 12.7 Å². The molecule has 0 bridgehead atoms. The van der Waals surface area contributed by atoms with Crippen LogP contribution in [0.2, 0.25) is 5.02 Å². The molecule has 4 aromatic rings. The van der Waals surface area contributed by atoms with Gasteiger partial charge in [0.05, 0.1) is 30.4 Å². The average Bonchev–Trinajstić information content (AvgIpc) is 3.18. The van der Waals surface area contributed by atoms with Crippen molar-refractivity contribution in [1.29, 1.82) is 0 Å². The van der Waals surface area contributed by atoms with Crippen LogP contribution < -0.4 is 15.6 Å². The monoisotopic (exact) mass is 441 g/mol. The highest BCUT2D eigenvalue weighted by Crippen LogP contribution is 2.27. The zero-order chi connectivity index (χ0) is 22.1. The minimum atomic E-state index is -0.504. The first kappa shape index (κ1) is 20.5. The Morgan fingerprint density at radius 1 is 1.23 bits per heavy atom. The van der Waals surface area contributed by atoms with Crippen LogP contribution >= 0.6 is 11.6 Å². The second kappa shape index (κ2) is 8.19. The molecule has 0 unspecified atom stereocenters. The molecule has 4 rings (SSSR count). The lowest BCUT2D eigenvalue weighted by Gasteiger charge is -2.12. The lowest BCUT2D eigenvalue weighted by Crippen LogP contribution is -2.31. The van der Waals surface area contributed by atoms with E-state index >= 15 is 0 Å². The second-order valence-corrected chi connectivity index (χ2v) is 7.17. The van der Waals surface area contributed by atoms with Crippen LogP contribution in [0.4, 0.5) is 10.1 Å². The minimum Gasteiger partial charge on any atom is -0.495 e. The molecule has 2 heterocycles. The molecule has 8 nitrogen and oxygen atoms in total. The molecule has 0 atom stereocenters. The number of rotatable bonds is 5. The number of nitrogens with one attached hydrogen (secondary N) is 1. The topological polar surface area (TPSA) is 91.0 Å². The summed E-state index contributed by atoms with van der Waals surface area (Å²) < 4.78 is 21.0. The van der Waals surface area contributed by atoms with E-state index in [1.54, 1.807) is 25.1 Å². The van der Waals surface area contributed by atoms with E-state index in [0.29, 0.717) is 33.2 Å². The van der Waals surface area contributed by atoms with Gasteiger partial charge in [-0.05, 0) is 49.4 Å². The summed E-state index contributed by atoms with van der Waals surface area (Å²) in [5.74, 6) is -0.454. The van der Waals surface area contributed by atoms with Gasteiger partial charge in [-0.2, -0.15) is 10.2 Å². The maximum absolute atomic E-state index is 13.3. The molecule has 31 heavy (non-hydrogen) atoms. The molecule has 0 saturated carbocycles. The molecule has 2 aromatic heterocycles. The van der Waals surface area contributed by atoms with E-state index in [1.807, 2.05) is 0 Å². The summed E-state index contributed by atoms with van der Waals surface area (Å²) in [6.07, 6.45) is 1.52. The normalized spacial score (nSPS) is 11.0. The molecular weight excluding hydrogens is 425 g/mol. The number of methoxy groups -OCH3 is 1. The van der Waals surface area contributed by atoms with Crippen molar-refractivity contribution in [3.8, 4) is 11.4 Å². The van der Waals surface area contributed by atoms with E-state index in [-0.39, 0.29) is 12.1 Å². The molecule has 0 radical (unpaired) electrons. The van der Waals surface area contributed by atoms with Crippen molar-refractivity contribution in [2.45, 2.75) is 13.5 Å². The van der Waals surface area contributed by atoms with E-state index in [2.05, 4.69) is 15.5 Å². The van der Waals surface area contributed by atoms with Crippen molar-refractivity contribution in [3.63, 3.8) is 0 Å². The van der Waals surface area contributed by atoms with E-state index in [4.69, 9.17) is 16.3 Å². The Morgan fingerprint density at radius 3 is 2.68 bits per heavy atom. The molecule has 10 heteroatoms. The van der Waals surface area contributed by atoms with Gasteiger partial charge in [0.2, 0.25) is 5.91 Å². The fraction of sp³-hybridized carbons (Fsp3) is 0.143. The SMILES string of the molecule is COc1ccc(Cl)cc1NC(=O)Cn1nc(C)c2cnn(-c3ccc(F)cc3)c2c1=O. The number of ether oxygens (including phenoxy) is 1. The van der Waals surface area contributed by atoms with Crippen molar-refractivity contribution in [2.75, 3.05) is 12.4 Å². The minimum absolute atomic E-state index is 0.243. The number of carbonyl (C=O) groups excluding carboxylic acids is 1. The van der Waals surface area contributed by atoms with E-state index in [9.17, 15) is 14.0 Å². The average molecular weight is 442 g/mol. The van der Waals surface area contributed by atoms with Gasteiger partial charge in [0.1, 0.15) is 23.6 Å². The van der Waals surface area contributed by atoms with Gasteiger partial charge >= 0.3 is 0 Å². The fourth-order valence-electron chi connectivity index (χ4n) is 3.21.